The molecule has 1 saturated carbocycles. The molecule has 1 aliphatic rings. The van der Waals surface area contributed by atoms with Crippen molar-refractivity contribution in [3.8, 4) is 0 Å². The smallest absolute Gasteiger partial charge is 0.316 e. The summed E-state index contributed by atoms with van der Waals surface area (Å²) in [7, 11) is 1.83. The van der Waals surface area contributed by atoms with E-state index in [-0.39, 0.29) is 24.8 Å². The molecular formula is C15H21F3N2. The molecule has 3 unspecified atom stereocenters. The Hall–Kier alpha value is -1.10. The quantitative estimate of drug-likeness (QED) is 0.915. The summed E-state index contributed by atoms with van der Waals surface area (Å²) in [5, 5.41) is 3.20. The standard InChI is InChI=1S/C15H21F3N2/c1-19-14(8-11-4-3-7-20-10-11)12-5-2-6-13(9-12)15(16,17)18/h3-4,7,10,12-14,19H,2,5-6,8-9H2,1H3. The van der Waals surface area contributed by atoms with Gasteiger partial charge in [-0.15, -0.1) is 0 Å². The van der Waals surface area contributed by atoms with Gasteiger partial charge in [-0.05, 0) is 50.3 Å². The van der Waals surface area contributed by atoms with Gasteiger partial charge in [0.1, 0.15) is 0 Å². The number of alkyl halides is 3. The summed E-state index contributed by atoms with van der Waals surface area (Å²) in [5.41, 5.74) is 1.07. The van der Waals surface area contributed by atoms with E-state index in [2.05, 4.69) is 10.3 Å². The van der Waals surface area contributed by atoms with Crippen LogP contribution in [0.15, 0.2) is 24.5 Å². The monoisotopic (exact) mass is 286 g/mol. The Bertz CT molecular complexity index is 405. The van der Waals surface area contributed by atoms with Gasteiger partial charge in [-0.1, -0.05) is 12.5 Å². The van der Waals surface area contributed by atoms with Crippen LogP contribution in [0.1, 0.15) is 31.2 Å². The van der Waals surface area contributed by atoms with E-state index < -0.39 is 12.1 Å². The second-order valence-corrected chi connectivity index (χ2v) is 5.63. The number of rotatable bonds is 4. The second kappa shape index (κ2) is 6.57. The minimum absolute atomic E-state index is 0.0839. The third-order valence-corrected chi connectivity index (χ3v) is 4.30. The van der Waals surface area contributed by atoms with Crippen molar-refractivity contribution >= 4 is 0 Å². The molecule has 112 valence electrons. The number of hydrogen-bond acceptors (Lipinski definition) is 2. The number of nitrogens with one attached hydrogen (secondary N) is 1. The highest BCUT2D eigenvalue weighted by molar-refractivity contribution is 5.10. The SMILES string of the molecule is CNC(Cc1cccnc1)C1CCCC(C(F)(F)F)C1. The Morgan fingerprint density at radius 3 is 2.80 bits per heavy atom. The first-order valence-corrected chi connectivity index (χ1v) is 7.13. The Labute approximate surface area is 117 Å². The lowest BCUT2D eigenvalue weighted by molar-refractivity contribution is -0.186. The van der Waals surface area contributed by atoms with E-state index >= 15 is 0 Å². The zero-order valence-electron chi connectivity index (χ0n) is 11.7. The van der Waals surface area contributed by atoms with Crippen molar-refractivity contribution < 1.29 is 13.2 Å². The molecule has 0 radical (unpaired) electrons. The minimum atomic E-state index is -4.05. The fourth-order valence-electron chi connectivity index (χ4n) is 3.17. The molecule has 1 aromatic heterocycles. The molecule has 1 aliphatic carbocycles. The van der Waals surface area contributed by atoms with Crippen molar-refractivity contribution in [2.45, 2.75) is 44.3 Å². The van der Waals surface area contributed by atoms with Gasteiger partial charge in [0.25, 0.3) is 0 Å². The predicted octanol–water partition coefficient (Wildman–Crippen LogP) is 3.58. The molecule has 5 heteroatoms. The average molecular weight is 286 g/mol. The van der Waals surface area contributed by atoms with Gasteiger partial charge in [-0.3, -0.25) is 4.98 Å². The van der Waals surface area contributed by atoms with Crippen molar-refractivity contribution in [3.05, 3.63) is 30.1 Å². The zero-order valence-corrected chi connectivity index (χ0v) is 11.7. The first-order valence-electron chi connectivity index (χ1n) is 7.13. The first-order chi connectivity index (χ1) is 9.50. The van der Waals surface area contributed by atoms with Crippen molar-refractivity contribution in [3.63, 3.8) is 0 Å². The number of likely N-dealkylation sites (N-methyl/N-ethyl adjacent to an activating group) is 1. The van der Waals surface area contributed by atoms with Gasteiger partial charge in [-0.25, -0.2) is 0 Å². The van der Waals surface area contributed by atoms with E-state index in [0.717, 1.165) is 18.4 Å². The summed E-state index contributed by atoms with van der Waals surface area (Å²) in [4.78, 5) is 4.06. The van der Waals surface area contributed by atoms with Gasteiger partial charge >= 0.3 is 6.18 Å². The van der Waals surface area contributed by atoms with Gasteiger partial charge in [0.05, 0.1) is 5.92 Å². The largest absolute Gasteiger partial charge is 0.391 e. The third-order valence-electron chi connectivity index (χ3n) is 4.30. The topological polar surface area (TPSA) is 24.9 Å². The van der Waals surface area contributed by atoms with E-state index in [4.69, 9.17) is 0 Å². The molecule has 0 aliphatic heterocycles. The third kappa shape index (κ3) is 3.95. The predicted molar refractivity (Wildman–Crippen MR) is 72.3 cm³/mol. The van der Waals surface area contributed by atoms with Crippen molar-refractivity contribution in [2.75, 3.05) is 7.05 Å². The summed E-state index contributed by atoms with van der Waals surface area (Å²) < 4.78 is 38.6. The van der Waals surface area contributed by atoms with E-state index in [1.807, 2.05) is 19.2 Å². The number of aromatic nitrogens is 1. The van der Waals surface area contributed by atoms with Gasteiger partial charge < -0.3 is 5.32 Å². The molecule has 0 aromatic carbocycles. The van der Waals surface area contributed by atoms with Gasteiger partial charge in [0, 0.05) is 18.4 Å². The second-order valence-electron chi connectivity index (χ2n) is 5.63. The molecular weight excluding hydrogens is 265 g/mol. The fourth-order valence-corrected chi connectivity index (χ4v) is 3.17. The molecule has 3 atom stereocenters. The minimum Gasteiger partial charge on any atom is -0.316 e. The number of pyridine rings is 1. The maximum atomic E-state index is 12.9. The van der Waals surface area contributed by atoms with Crippen LogP contribution in [0, 0.1) is 11.8 Å². The Morgan fingerprint density at radius 1 is 1.40 bits per heavy atom. The van der Waals surface area contributed by atoms with E-state index in [9.17, 15) is 13.2 Å². The highest BCUT2D eigenvalue weighted by Crippen LogP contribution is 2.41. The molecule has 1 heterocycles. The molecule has 0 bridgehead atoms. The molecule has 20 heavy (non-hydrogen) atoms. The highest BCUT2D eigenvalue weighted by Gasteiger charge is 2.43. The van der Waals surface area contributed by atoms with Gasteiger partial charge in [0.2, 0.25) is 0 Å². The van der Waals surface area contributed by atoms with Crippen LogP contribution in [0.5, 0.6) is 0 Å². The molecule has 1 N–H and O–H groups in total. The van der Waals surface area contributed by atoms with Crippen LogP contribution in [0.4, 0.5) is 13.2 Å². The van der Waals surface area contributed by atoms with Crippen LogP contribution in [-0.4, -0.2) is 24.2 Å². The first kappa shape index (κ1) is 15.3. The lowest BCUT2D eigenvalue weighted by atomic mass is 9.76. The van der Waals surface area contributed by atoms with E-state index in [0.29, 0.717) is 6.42 Å². The Morgan fingerprint density at radius 2 is 2.20 bits per heavy atom. The molecule has 0 amide bonds. The van der Waals surface area contributed by atoms with E-state index in [1.54, 1.807) is 12.4 Å². The summed E-state index contributed by atoms with van der Waals surface area (Å²) in [6, 6.07) is 3.92. The van der Waals surface area contributed by atoms with Crippen LogP contribution >= 0.6 is 0 Å². The summed E-state index contributed by atoms with van der Waals surface area (Å²) >= 11 is 0. The molecule has 2 rings (SSSR count). The van der Waals surface area contributed by atoms with Crippen molar-refractivity contribution in [1.29, 1.82) is 0 Å². The average Bonchev–Trinajstić information content (AvgIpc) is 2.45. The Balaban J connectivity index is 2.00. The molecule has 0 spiro atoms. The van der Waals surface area contributed by atoms with Crippen LogP contribution in [-0.2, 0) is 6.42 Å². The highest BCUT2D eigenvalue weighted by atomic mass is 19.4. The number of nitrogens with zero attached hydrogens (tertiary/aromatic N) is 1. The van der Waals surface area contributed by atoms with Crippen molar-refractivity contribution in [2.24, 2.45) is 11.8 Å². The van der Waals surface area contributed by atoms with Crippen molar-refractivity contribution in [1.82, 2.24) is 10.3 Å². The van der Waals surface area contributed by atoms with Crippen LogP contribution < -0.4 is 5.32 Å². The summed E-state index contributed by atoms with van der Waals surface area (Å²) in [5.74, 6) is -1.05. The normalized spacial score (nSPS) is 25.4. The summed E-state index contributed by atoms with van der Waals surface area (Å²) in [6.45, 7) is 0. The van der Waals surface area contributed by atoms with Crippen LogP contribution in [0.25, 0.3) is 0 Å². The molecule has 0 saturated heterocycles. The fraction of sp³-hybridized carbons (Fsp3) is 0.667. The van der Waals surface area contributed by atoms with Crippen LogP contribution in [0.2, 0.25) is 0 Å². The molecule has 1 aromatic rings. The molecule has 1 fully saturated rings. The van der Waals surface area contributed by atoms with Gasteiger partial charge in [-0.2, -0.15) is 13.2 Å². The number of halogens is 3. The van der Waals surface area contributed by atoms with E-state index in [1.165, 1.54) is 0 Å². The lowest BCUT2D eigenvalue weighted by Crippen LogP contribution is -2.40. The summed E-state index contributed by atoms with van der Waals surface area (Å²) in [6.07, 6.45) is 2.24. The molecule has 2 nitrogen and oxygen atoms in total. The van der Waals surface area contributed by atoms with Gasteiger partial charge in [0.15, 0.2) is 0 Å². The zero-order chi connectivity index (χ0) is 14.6. The lowest BCUT2D eigenvalue weighted by Gasteiger charge is -2.35. The maximum Gasteiger partial charge on any atom is 0.391 e. The number of hydrogen-bond donors (Lipinski definition) is 1. The Kier molecular flexibility index (Phi) is 5.02. The van der Waals surface area contributed by atoms with Crippen LogP contribution in [0.3, 0.4) is 0 Å². The maximum absolute atomic E-state index is 12.9.